The first-order valence-corrected chi connectivity index (χ1v) is 16.8. The van der Waals surface area contributed by atoms with Crippen LogP contribution in [0.3, 0.4) is 0 Å². The van der Waals surface area contributed by atoms with E-state index in [1.165, 1.54) is 4.90 Å². The van der Waals surface area contributed by atoms with Gasteiger partial charge in [-0.25, -0.2) is 9.59 Å². The number of ether oxygens (including phenoxy) is 2. The highest BCUT2D eigenvalue weighted by atomic mass is 16.6. The number of nitrogens with one attached hydrogen (secondary N) is 2. The number of hydrogen-bond acceptors (Lipinski definition) is 6. The fraction of sp³-hybridized carbons (Fsp3) is 0.450. The fourth-order valence-electron chi connectivity index (χ4n) is 5.50. The van der Waals surface area contributed by atoms with Gasteiger partial charge in [0.15, 0.2) is 0 Å². The number of nitrogens with zero attached hydrogens (tertiary/aromatic N) is 1. The summed E-state index contributed by atoms with van der Waals surface area (Å²) in [6.45, 7) is 18.0. The van der Waals surface area contributed by atoms with Crippen LogP contribution in [0, 0.1) is 13.8 Å². The molecule has 3 unspecified atom stereocenters. The molecule has 3 aromatic rings. The molecule has 0 saturated carbocycles. The first-order valence-electron chi connectivity index (χ1n) is 16.8. The minimum absolute atomic E-state index is 0.164. The van der Waals surface area contributed by atoms with E-state index in [0.717, 1.165) is 22.3 Å². The largest absolute Gasteiger partial charge is 0.458 e. The van der Waals surface area contributed by atoms with Crippen molar-refractivity contribution in [2.24, 2.45) is 0 Å². The van der Waals surface area contributed by atoms with E-state index in [0.29, 0.717) is 5.56 Å². The predicted octanol–water partition coefficient (Wildman–Crippen LogP) is 6.79. The maximum atomic E-state index is 14.8. The van der Waals surface area contributed by atoms with Gasteiger partial charge in [0.25, 0.3) is 0 Å². The molecule has 0 aromatic heterocycles. The number of alkyl carbamates (subject to hydrolysis) is 1. The van der Waals surface area contributed by atoms with Crippen LogP contribution in [0.5, 0.6) is 0 Å². The summed E-state index contributed by atoms with van der Waals surface area (Å²) in [6.07, 6.45) is -0.392. The lowest BCUT2D eigenvalue weighted by Crippen LogP contribution is -2.57. The van der Waals surface area contributed by atoms with E-state index in [9.17, 15) is 19.2 Å². The molecule has 3 atom stereocenters. The number of aryl methyl sites for hydroxylation is 2. The Morgan fingerprint density at radius 3 is 1.69 bits per heavy atom. The number of hydrogen-bond donors (Lipinski definition) is 2. The van der Waals surface area contributed by atoms with Crippen molar-refractivity contribution in [1.82, 2.24) is 15.5 Å². The number of benzene rings is 3. The molecule has 0 spiro atoms. The fourth-order valence-corrected chi connectivity index (χ4v) is 5.50. The summed E-state index contributed by atoms with van der Waals surface area (Å²) >= 11 is 0. The quantitative estimate of drug-likeness (QED) is 0.205. The van der Waals surface area contributed by atoms with Gasteiger partial charge < -0.3 is 25.0 Å². The molecule has 2 N–H and O–H groups in total. The zero-order valence-corrected chi connectivity index (χ0v) is 30.6. The van der Waals surface area contributed by atoms with Crippen LogP contribution in [0.25, 0.3) is 0 Å². The third kappa shape index (κ3) is 12.1. The van der Waals surface area contributed by atoms with Crippen LogP contribution in [-0.4, -0.2) is 58.1 Å². The Labute approximate surface area is 291 Å². The first-order chi connectivity index (χ1) is 22.8. The third-order valence-corrected chi connectivity index (χ3v) is 7.63. The minimum atomic E-state index is -1.15. The summed E-state index contributed by atoms with van der Waals surface area (Å²) in [7, 11) is 0. The van der Waals surface area contributed by atoms with Gasteiger partial charge in [-0.1, -0.05) is 84.4 Å². The average molecular weight is 672 g/mol. The maximum Gasteiger partial charge on any atom is 0.408 e. The standard InChI is InChI=1S/C40H53N3O6/c1-26(2)43(36(45)32(24-29-17-13-11-14-18-29)42-38(47)49-40(8,9)10)34(31-23-27(3)21-22-28(31)4)35(44)41-33(37(46)48-39(5,6)7)25-30-19-15-12-16-20-30/h11-23,26,32-34H,24-25H2,1-10H3,(H,41,44)(H,42,47). The molecule has 0 heterocycles. The second-order valence-corrected chi connectivity index (χ2v) is 14.8. The topological polar surface area (TPSA) is 114 Å². The lowest BCUT2D eigenvalue weighted by Gasteiger charge is -2.38. The van der Waals surface area contributed by atoms with Crippen LogP contribution in [0.2, 0.25) is 0 Å². The molecule has 0 aliphatic carbocycles. The molecule has 49 heavy (non-hydrogen) atoms. The van der Waals surface area contributed by atoms with Crippen LogP contribution < -0.4 is 10.6 Å². The van der Waals surface area contributed by atoms with E-state index in [4.69, 9.17) is 9.47 Å². The van der Waals surface area contributed by atoms with Crippen LogP contribution in [-0.2, 0) is 36.7 Å². The van der Waals surface area contributed by atoms with Gasteiger partial charge in [-0.2, -0.15) is 0 Å². The van der Waals surface area contributed by atoms with Gasteiger partial charge in [0.1, 0.15) is 29.3 Å². The summed E-state index contributed by atoms with van der Waals surface area (Å²) in [6, 6.07) is 20.7. The SMILES string of the molecule is Cc1ccc(C)c(C(C(=O)NC(Cc2ccccc2)C(=O)OC(C)(C)C)N(C(=O)C(Cc2ccccc2)NC(=O)OC(C)(C)C)C(C)C)c1. The Bertz CT molecular complexity index is 1570. The molecule has 0 aliphatic rings. The van der Waals surface area contributed by atoms with Crippen molar-refractivity contribution in [2.75, 3.05) is 0 Å². The number of carbonyl (C=O) groups is 4. The van der Waals surface area contributed by atoms with Crippen molar-refractivity contribution in [2.45, 2.75) is 117 Å². The zero-order chi connectivity index (χ0) is 36.5. The van der Waals surface area contributed by atoms with Crippen LogP contribution in [0.1, 0.15) is 89.2 Å². The molecule has 3 aromatic carbocycles. The molecule has 3 rings (SSSR count). The second kappa shape index (κ2) is 16.6. The van der Waals surface area contributed by atoms with Gasteiger partial charge in [-0.3, -0.25) is 9.59 Å². The van der Waals surface area contributed by atoms with Gasteiger partial charge in [-0.05, 0) is 91.5 Å². The summed E-state index contributed by atoms with van der Waals surface area (Å²) in [5.41, 5.74) is 2.37. The molecule has 0 aliphatic heterocycles. The zero-order valence-electron chi connectivity index (χ0n) is 30.6. The first kappa shape index (κ1) is 38.8. The van der Waals surface area contributed by atoms with Crippen molar-refractivity contribution in [3.8, 4) is 0 Å². The van der Waals surface area contributed by atoms with Crippen molar-refractivity contribution in [1.29, 1.82) is 0 Å². The van der Waals surface area contributed by atoms with E-state index >= 15 is 0 Å². The van der Waals surface area contributed by atoms with Crippen LogP contribution >= 0.6 is 0 Å². The number of esters is 1. The van der Waals surface area contributed by atoms with Crippen molar-refractivity contribution < 1.29 is 28.7 Å². The smallest absolute Gasteiger partial charge is 0.408 e. The summed E-state index contributed by atoms with van der Waals surface area (Å²) < 4.78 is 11.3. The van der Waals surface area contributed by atoms with Gasteiger partial charge in [0, 0.05) is 18.9 Å². The van der Waals surface area contributed by atoms with Gasteiger partial charge in [0.05, 0.1) is 0 Å². The summed E-state index contributed by atoms with van der Waals surface area (Å²) in [5, 5.41) is 5.75. The highest BCUT2D eigenvalue weighted by Gasteiger charge is 2.40. The third-order valence-electron chi connectivity index (χ3n) is 7.63. The molecular formula is C40H53N3O6. The highest BCUT2D eigenvalue weighted by Crippen LogP contribution is 2.29. The summed E-state index contributed by atoms with van der Waals surface area (Å²) in [5.74, 6) is -1.60. The molecule has 9 nitrogen and oxygen atoms in total. The normalized spacial score (nSPS) is 13.5. The summed E-state index contributed by atoms with van der Waals surface area (Å²) in [4.78, 5) is 57.7. The average Bonchev–Trinajstić information content (AvgIpc) is 2.99. The van der Waals surface area contributed by atoms with E-state index in [1.54, 1.807) is 41.5 Å². The maximum absolute atomic E-state index is 14.8. The van der Waals surface area contributed by atoms with E-state index in [1.807, 2.05) is 107 Å². The van der Waals surface area contributed by atoms with Gasteiger partial charge in [0.2, 0.25) is 11.8 Å². The molecule has 264 valence electrons. The highest BCUT2D eigenvalue weighted by molar-refractivity contribution is 5.94. The molecule has 0 saturated heterocycles. The van der Waals surface area contributed by atoms with Crippen LogP contribution in [0.4, 0.5) is 4.79 Å². The van der Waals surface area contributed by atoms with Crippen molar-refractivity contribution in [3.05, 3.63) is 107 Å². The Morgan fingerprint density at radius 2 is 1.20 bits per heavy atom. The Hall–Kier alpha value is -4.66. The number of carbonyl (C=O) groups excluding carboxylic acids is 4. The van der Waals surface area contributed by atoms with Crippen molar-refractivity contribution in [3.63, 3.8) is 0 Å². The van der Waals surface area contributed by atoms with E-state index in [2.05, 4.69) is 10.6 Å². The monoisotopic (exact) mass is 671 g/mol. The lowest BCUT2D eigenvalue weighted by atomic mass is 9.94. The Balaban J connectivity index is 2.13. The molecule has 0 radical (unpaired) electrons. The van der Waals surface area contributed by atoms with E-state index in [-0.39, 0.29) is 12.8 Å². The Morgan fingerprint density at radius 1 is 0.694 bits per heavy atom. The van der Waals surface area contributed by atoms with Crippen molar-refractivity contribution >= 4 is 23.9 Å². The number of amides is 3. The lowest BCUT2D eigenvalue weighted by molar-refractivity contribution is -0.159. The molecule has 0 bridgehead atoms. The molecule has 3 amide bonds. The number of rotatable bonds is 12. The molecule has 9 heteroatoms. The Kier molecular flexibility index (Phi) is 13.2. The molecule has 0 fully saturated rings. The van der Waals surface area contributed by atoms with Gasteiger partial charge >= 0.3 is 12.1 Å². The predicted molar refractivity (Wildman–Crippen MR) is 192 cm³/mol. The molecular weight excluding hydrogens is 618 g/mol. The van der Waals surface area contributed by atoms with Gasteiger partial charge in [-0.15, -0.1) is 0 Å². The minimum Gasteiger partial charge on any atom is -0.458 e. The van der Waals surface area contributed by atoms with E-state index < -0.39 is 59.2 Å². The second-order valence-electron chi connectivity index (χ2n) is 14.8. The van der Waals surface area contributed by atoms with Crippen LogP contribution in [0.15, 0.2) is 78.9 Å².